The minimum Gasteiger partial charge on any atom is -0.385 e. The van der Waals surface area contributed by atoms with Crippen LogP contribution in [0.1, 0.15) is 40.0 Å². The van der Waals surface area contributed by atoms with Gasteiger partial charge in [0.1, 0.15) is 0 Å². The SMILES string of the molecule is CC1CCC(C(C)C)C2(C1)CN1CCOB(OCC1)O2. The Labute approximate surface area is 123 Å². The van der Waals surface area contributed by atoms with Gasteiger partial charge in [-0.05, 0) is 30.6 Å². The molecule has 0 aromatic rings. The van der Waals surface area contributed by atoms with Crippen LogP contribution in [0.5, 0.6) is 0 Å². The van der Waals surface area contributed by atoms with Crippen LogP contribution in [0, 0.1) is 17.8 Å². The summed E-state index contributed by atoms with van der Waals surface area (Å²) in [5.41, 5.74) is -0.0860. The molecule has 0 N–H and O–H groups in total. The fourth-order valence-electron chi connectivity index (χ4n) is 4.38. The van der Waals surface area contributed by atoms with E-state index in [0.717, 1.165) is 32.0 Å². The first kappa shape index (κ1) is 14.8. The largest absolute Gasteiger partial charge is 0.639 e. The van der Waals surface area contributed by atoms with Crippen molar-refractivity contribution in [2.75, 3.05) is 32.8 Å². The molecule has 3 saturated heterocycles. The number of hydrogen-bond donors (Lipinski definition) is 0. The topological polar surface area (TPSA) is 30.9 Å². The van der Waals surface area contributed by atoms with Gasteiger partial charge in [-0.15, -0.1) is 0 Å². The fraction of sp³-hybridized carbons (Fsp3) is 1.00. The quantitative estimate of drug-likeness (QED) is 0.689. The van der Waals surface area contributed by atoms with Gasteiger partial charge in [-0.25, -0.2) is 0 Å². The summed E-state index contributed by atoms with van der Waals surface area (Å²) in [7, 11) is -0.455. The second-order valence-electron chi connectivity index (χ2n) is 7.23. The van der Waals surface area contributed by atoms with Crippen LogP contribution in [0.15, 0.2) is 0 Å². The molecule has 3 unspecified atom stereocenters. The van der Waals surface area contributed by atoms with Crippen LogP contribution < -0.4 is 0 Å². The van der Waals surface area contributed by atoms with Crippen molar-refractivity contribution in [3.05, 3.63) is 0 Å². The normalized spacial score (nSPS) is 42.6. The molecule has 2 bridgehead atoms. The standard InChI is InChI=1S/C15H28BNO3/c1-12(2)14-5-4-13(3)10-15(14)11-17-6-8-18-16(20-15)19-9-7-17/h12-14H,4-11H2,1-3H3. The molecule has 0 aromatic heterocycles. The first-order valence-electron chi connectivity index (χ1n) is 8.22. The first-order chi connectivity index (χ1) is 9.59. The van der Waals surface area contributed by atoms with E-state index in [1.54, 1.807) is 0 Å². The van der Waals surface area contributed by atoms with Gasteiger partial charge in [0, 0.05) is 32.8 Å². The Morgan fingerprint density at radius 3 is 2.50 bits per heavy atom. The maximum Gasteiger partial charge on any atom is 0.639 e. The van der Waals surface area contributed by atoms with E-state index in [9.17, 15) is 0 Å². The lowest BCUT2D eigenvalue weighted by molar-refractivity contribution is -0.135. The van der Waals surface area contributed by atoms with Gasteiger partial charge in [0.25, 0.3) is 0 Å². The van der Waals surface area contributed by atoms with Crippen LogP contribution in [0.3, 0.4) is 0 Å². The molecule has 0 aromatic carbocycles. The average Bonchev–Trinajstić information content (AvgIpc) is 2.31. The third-order valence-corrected chi connectivity index (χ3v) is 5.29. The van der Waals surface area contributed by atoms with Gasteiger partial charge in [0.05, 0.1) is 5.60 Å². The highest BCUT2D eigenvalue weighted by atomic mass is 16.7. The maximum absolute atomic E-state index is 6.45. The Balaban J connectivity index is 1.89. The van der Waals surface area contributed by atoms with E-state index >= 15 is 0 Å². The molecule has 5 heteroatoms. The zero-order valence-electron chi connectivity index (χ0n) is 13.1. The Kier molecular flexibility index (Phi) is 4.41. The molecule has 4 aliphatic rings. The summed E-state index contributed by atoms with van der Waals surface area (Å²) in [5, 5.41) is 0. The van der Waals surface area contributed by atoms with Crippen molar-refractivity contribution in [1.82, 2.24) is 4.90 Å². The minimum absolute atomic E-state index is 0.0860. The summed E-state index contributed by atoms with van der Waals surface area (Å²) in [6.45, 7) is 11.5. The molecule has 1 spiro atoms. The van der Waals surface area contributed by atoms with Crippen molar-refractivity contribution < 1.29 is 14.0 Å². The summed E-state index contributed by atoms with van der Waals surface area (Å²) in [6, 6.07) is 0. The van der Waals surface area contributed by atoms with E-state index in [4.69, 9.17) is 14.0 Å². The molecule has 3 heterocycles. The highest BCUT2D eigenvalue weighted by Gasteiger charge is 2.50. The van der Waals surface area contributed by atoms with Gasteiger partial charge >= 0.3 is 7.32 Å². The molecule has 0 radical (unpaired) electrons. The maximum atomic E-state index is 6.45. The molecular formula is C15H28BNO3. The molecule has 4 nitrogen and oxygen atoms in total. The number of hydrogen-bond acceptors (Lipinski definition) is 4. The van der Waals surface area contributed by atoms with Crippen LogP contribution in [-0.2, 0) is 14.0 Å². The number of rotatable bonds is 1. The monoisotopic (exact) mass is 281 g/mol. The minimum atomic E-state index is -0.455. The zero-order chi connectivity index (χ0) is 14.2. The van der Waals surface area contributed by atoms with Crippen LogP contribution >= 0.6 is 0 Å². The van der Waals surface area contributed by atoms with Crippen molar-refractivity contribution >= 4 is 7.32 Å². The van der Waals surface area contributed by atoms with Crippen LogP contribution in [0.2, 0.25) is 0 Å². The van der Waals surface area contributed by atoms with Gasteiger partial charge in [-0.1, -0.05) is 27.2 Å². The van der Waals surface area contributed by atoms with Crippen molar-refractivity contribution in [3.63, 3.8) is 0 Å². The molecule has 4 rings (SSSR count). The summed E-state index contributed by atoms with van der Waals surface area (Å²) < 4.78 is 18.0. The second kappa shape index (κ2) is 5.95. The van der Waals surface area contributed by atoms with E-state index in [-0.39, 0.29) is 5.60 Å². The molecular weight excluding hydrogens is 253 g/mol. The Hall–Kier alpha value is -0.0951. The third-order valence-electron chi connectivity index (χ3n) is 5.29. The van der Waals surface area contributed by atoms with Crippen LogP contribution in [-0.4, -0.2) is 50.7 Å². The van der Waals surface area contributed by atoms with Crippen molar-refractivity contribution in [1.29, 1.82) is 0 Å². The van der Waals surface area contributed by atoms with Crippen LogP contribution in [0.4, 0.5) is 0 Å². The molecule has 0 amide bonds. The van der Waals surface area contributed by atoms with Gasteiger partial charge in [0.15, 0.2) is 0 Å². The first-order valence-corrected chi connectivity index (χ1v) is 8.22. The molecule has 20 heavy (non-hydrogen) atoms. The third kappa shape index (κ3) is 2.91. The van der Waals surface area contributed by atoms with E-state index in [1.165, 1.54) is 12.8 Å². The van der Waals surface area contributed by atoms with E-state index in [0.29, 0.717) is 25.0 Å². The van der Waals surface area contributed by atoms with Gasteiger partial charge < -0.3 is 14.0 Å². The second-order valence-corrected chi connectivity index (χ2v) is 7.23. The Morgan fingerprint density at radius 2 is 1.85 bits per heavy atom. The average molecular weight is 281 g/mol. The van der Waals surface area contributed by atoms with Gasteiger partial charge in [0.2, 0.25) is 0 Å². The summed E-state index contributed by atoms with van der Waals surface area (Å²) in [5.74, 6) is 1.97. The molecule has 4 fully saturated rings. The molecule has 1 aliphatic carbocycles. The predicted molar refractivity (Wildman–Crippen MR) is 79.3 cm³/mol. The Bertz CT molecular complexity index is 315. The molecule has 3 aliphatic heterocycles. The van der Waals surface area contributed by atoms with E-state index in [1.807, 2.05) is 0 Å². The zero-order valence-corrected chi connectivity index (χ0v) is 13.1. The molecule has 1 saturated carbocycles. The Morgan fingerprint density at radius 1 is 1.15 bits per heavy atom. The summed E-state index contributed by atoms with van der Waals surface area (Å²) >= 11 is 0. The predicted octanol–water partition coefficient (Wildman–Crippen LogP) is 2.18. The van der Waals surface area contributed by atoms with Gasteiger partial charge in [-0.2, -0.15) is 0 Å². The van der Waals surface area contributed by atoms with E-state index < -0.39 is 7.32 Å². The highest BCUT2D eigenvalue weighted by Crippen LogP contribution is 2.45. The molecule has 114 valence electrons. The van der Waals surface area contributed by atoms with Crippen molar-refractivity contribution in [3.8, 4) is 0 Å². The number of nitrogens with zero attached hydrogens (tertiary/aromatic N) is 1. The summed E-state index contributed by atoms with van der Waals surface area (Å²) in [4.78, 5) is 2.48. The van der Waals surface area contributed by atoms with E-state index in [2.05, 4.69) is 25.7 Å². The lowest BCUT2D eigenvalue weighted by Gasteiger charge is -2.52. The molecule has 3 atom stereocenters. The highest BCUT2D eigenvalue weighted by molar-refractivity contribution is 6.36. The van der Waals surface area contributed by atoms with Gasteiger partial charge in [-0.3, -0.25) is 4.90 Å². The lowest BCUT2D eigenvalue weighted by atomic mass is 9.66. The lowest BCUT2D eigenvalue weighted by Crippen LogP contribution is -2.61. The van der Waals surface area contributed by atoms with Crippen LogP contribution in [0.25, 0.3) is 0 Å². The smallest absolute Gasteiger partial charge is 0.385 e. The van der Waals surface area contributed by atoms with Crippen molar-refractivity contribution in [2.24, 2.45) is 17.8 Å². The fourth-order valence-corrected chi connectivity index (χ4v) is 4.38. The number of fused-ring (bicyclic) bond motifs is 4. The van der Waals surface area contributed by atoms with Crippen molar-refractivity contribution in [2.45, 2.75) is 45.6 Å². The summed E-state index contributed by atoms with van der Waals surface area (Å²) in [6.07, 6.45) is 3.72.